The van der Waals surface area contributed by atoms with Gasteiger partial charge in [0.15, 0.2) is 0 Å². The predicted octanol–water partition coefficient (Wildman–Crippen LogP) is 3.58. The fourth-order valence-corrected chi connectivity index (χ4v) is 4.07. The molecular weight excluding hydrogens is 322 g/mol. The fraction of sp³-hybridized carbons (Fsp3) is 0.625. The van der Waals surface area contributed by atoms with Gasteiger partial charge in [0, 0.05) is 5.02 Å². The monoisotopic (exact) mass is 347 g/mol. The zero-order valence-electron chi connectivity index (χ0n) is 13.6. The van der Waals surface area contributed by atoms with Crippen LogP contribution in [0.5, 0.6) is 0 Å². The second-order valence-electron chi connectivity index (χ2n) is 5.75. The Morgan fingerprint density at radius 2 is 1.68 bits per heavy atom. The summed E-state index contributed by atoms with van der Waals surface area (Å²) in [5.74, 6) is 0.0203. The van der Waals surface area contributed by atoms with E-state index in [4.69, 9.17) is 11.6 Å². The molecule has 126 valence electrons. The molecule has 0 aliphatic heterocycles. The molecule has 1 aromatic rings. The lowest BCUT2D eigenvalue weighted by Crippen LogP contribution is -2.55. The van der Waals surface area contributed by atoms with Crippen LogP contribution in [0.3, 0.4) is 0 Å². The Kier molecular flexibility index (Phi) is 6.86. The van der Waals surface area contributed by atoms with Gasteiger partial charge in [-0.2, -0.15) is 0 Å². The SMILES string of the molecule is CC[C@H](C)[C@H](NS(=O)(=O)c1ccc(Cl)cc1)C(O)(CC)CC. The van der Waals surface area contributed by atoms with E-state index in [1.54, 1.807) is 12.1 Å². The first kappa shape index (κ1) is 19.4. The highest BCUT2D eigenvalue weighted by Crippen LogP contribution is 2.28. The molecule has 0 heterocycles. The van der Waals surface area contributed by atoms with E-state index in [9.17, 15) is 13.5 Å². The molecule has 0 bridgehead atoms. The van der Waals surface area contributed by atoms with Gasteiger partial charge in [0.25, 0.3) is 0 Å². The Hall–Kier alpha value is -0.620. The summed E-state index contributed by atoms with van der Waals surface area (Å²) in [6, 6.07) is 5.48. The lowest BCUT2D eigenvalue weighted by molar-refractivity contribution is -0.0161. The van der Waals surface area contributed by atoms with Crippen LogP contribution >= 0.6 is 11.6 Å². The Morgan fingerprint density at radius 1 is 1.18 bits per heavy atom. The molecule has 0 fully saturated rings. The van der Waals surface area contributed by atoms with Crippen molar-refractivity contribution in [1.82, 2.24) is 4.72 Å². The summed E-state index contributed by atoms with van der Waals surface area (Å²) >= 11 is 5.80. The summed E-state index contributed by atoms with van der Waals surface area (Å²) < 4.78 is 27.9. The van der Waals surface area contributed by atoms with E-state index in [0.29, 0.717) is 17.9 Å². The smallest absolute Gasteiger partial charge is 0.240 e. The van der Waals surface area contributed by atoms with Crippen molar-refractivity contribution in [3.05, 3.63) is 29.3 Å². The van der Waals surface area contributed by atoms with Crippen LogP contribution in [0.15, 0.2) is 29.2 Å². The number of hydrogen-bond donors (Lipinski definition) is 2. The van der Waals surface area contributed by atoms with E-state index in [0.717, 1.165) is 6.42 Å². The molecule has 0 saturated carbocycles. The molecule has 2 N–H and O–H groups in total. The number of halogens is 1. The second kappa shape index (κ2) is 7.77. The molecule has 0 radical (unpaired) electrons. The van der Waals surface area contributed by atoms with Gasteiger partial charge in [-0.1, -0.05) is 45.7 Å². The molecular formula is C16H26ClNO3S. The third-order valence-corrected chi connectivity index (χ3v) is 6.13. The van der Waals surface area contributed by atoms with Gasteiger partial charge < -0.3 is 5.11 Å². The number of nitrogens with one attached hydrogen (secondary N) is 1. The first-order chi connectivity index (χ1) is 10.2. The third-order valence-electron chi connectivity index (χ3n) is 4.42. The van der Waals surface area contributed by atoms with Crippen LogP contribution in [0.25, 0.3) is 0 Å². The minimum absolute atomic E-state index is 0.0203. The van der Waals surface area contributed by atoms with Crippen molar-refractivity contribution in [3.8, 4) is 0 Å². The molecule has 1 rings (SSSR count). The summed E-state index contributed by atoms with van der Waals surface area (Å²) in [4.78, 5) is 0.153. The molecule has 4 nitrogen and oxygen atoms in total. The van der Waals surface area contributed by atoms with Crippen LogP contribution < -0.4 is 4.72 Å². The molecule has 0 aromatic heterocycles. The van der Waals surface area contributed by atoms with Crippen LogP contribution in [0.1, 0.15) is 47.0 Å². The maximum absolute atomic E-state index is 12.6. The molecule has 0 aliphatic carbocycles. The molecule has 0 aliphatic rings. The quantitative estimate of drug-likeness (QED) is 0.755. The van der Waals surface area contributed by atoms with Gasteiger partial charge in [-0.15, -0.1) is 0 Å². The highest BCUT2D eigenvalue weighted by atomic mass is 35.5. The number of benzene rings is 1. The predicted molar refractivity (Wildman–Crippen MR) is 90.5 cm³/mol. The van der Waals surface area contributed by atoms with Gasteiger partial charge >= 0.3 is 0 Å². The van der Waals surface area contributed by atoms with Crippen LogP contribution in [-0.4, -0.2) is 25.2 Å². The summed E-state index contributed by atoms with van der Waals surface area (Å²) in [5.41, 5.74) is -1.06. The fourth-order valence-electron chi connectivity index (χ4n) is 2.53. The highest BCUT2D eigenvalue weighted by molar-refractivity contribution is 7.89. The Morgan fingerprint density at radius 3 is 2.09 bits per heavy atom. The van der Waals surface area contributed by atoms with Gasteiger partial charge in [-0.25, -0.2) is 13.1 Å². The Labute approximate surface area is 138 Å². The van der Waals surface area contributed by atoms with E-state index in [2.05, 4.69) is 4.72 Å². The molecule has 1 aromatic carbocycles. The average molecular weight is 348 g/mol. The number of hydrogen-bond acceptors (Lipinski definition) is 3. The molecule has 0 spiro atoms. The summed E-state index contributed by atoms with van der Waals surface area (Å²) in [7, 11) is -3.70. The van der Waals surface area contributed by atoms with E-state index >= 15 is 0 Å². The number of aliphatic hydroxyl groups is 1. The topological polar surface area (TPSA) is 66.4 Å². The molecule has 0 saturated heterocycles. The van der Waals surface area contributed by atoms with E-state index in [-0.39, 0.29) is 10.8 Å². The maximum atomic E-state index is 12.6. The summed E-state index contributed by atoms with van der Waals surface area (Å²) in [6.45, 7) is 7.68. The summed E-state index contributed by atoms with van der Waals surface area (Å²) in [5, 5.41) is 11.3. The van der Waals surface area contributed by atoms with Crippen molar-refractivity contribution in [3.63, 3.8) is 0 Å². The van der Waals surface area contributed by atoms with E-state index in [1.807, 2.05) is 27.7 Å². The van der Waals surface area contributed by atoms with E-state index < -0.39 is 21.7 Å². The third kappa shape index (κ3) is 4.44. The zero-order valence-corrected chi connectivity index (χ0v) is 15.2. The van der Waals surface area contributed by atoms with Crippen molar-refractivity contribution in [2.24, 2.45) is 5.92 Å². The van der Waals surface area contributed by atoms with Crippen LogP contribution in [0.2, 0.25) is 5.02 Å². The number of sulfonamides is 1. The largest absolute Gasteiger partial charge is 0.388 e. The lowest BCUT2D eigenvalue weighted by atomic mass is 9.81. The van der Waals surface area contributed by atoms with Gasteiger partial charge in [0.2, 0.25) is 10.0 Å². The van der Waals surface area contributed by atoms with Crippen LogP contribution in [0.4, 0.5) is 0 Å². The van der Waals surface area contributed by atoms with Crippen molar-refractivity contribution in [2.45, 2.75) is 63.5 Å². The molecule has 6 heteroatoms. The Balaban J connectivity index is 3.15. The van der Waals surface area contributed by atoms with Crippen molar-refractivity contribution >= 4 is 21.6 Å². The molecule has 0 amide bonds. The van der Waals surface area contributed by atoms with Crippen molar-refractivity contribution < 1.29 is 13.5 Å². The molecule has 22 heavy (non-hydrogen) atoms. The maximum Gasteiger partial charge on any atom is 0.240 e. The van der Waals surface area contributed by atoms with Crippen LogP contribution in [-0.2, 0) is 10.0 Å². The minimum atomic E-state index is -3.70. The van der Waals surface area contributed by atoms with E-state index in [1.165, 1.54) is 12.1 Å². The first-order valence-corrected chi connectivity index (χ1v) is 9.56. The van der Waals surface area contributed by atoms with Gasteiger partial charge in [-0.05, 0) is 43.0 Å². The zero-order chi connectivity index (χ0) is 17.0. The number of rotatable bonds is 8. The minimum Gasteiger partial charge on any atom is -0.388 e. The van der Waals surface area contributed by atoms with Crippen molar-refractivity contribution in [1.29, 1.82) is 0 Å². The van der Waals surface area contributed by atoms with Gasteiger partial charge in [0.05, 0.1) is 16.5 Å². The standard InChI is InChI=1S/C16H26ClNO3S/c1-5-12(4)15(16(19,6-2)7-3)18-22(20,21)14-10-8-13(17)9-11-14/h8-12,15,18-19H,5-7H2,1-4H3/t12-,15-/m0/s1. The Bertz CT molecular complexity index is 568. The lowest BCUT2D eigenvalue weighted by Gasteiger charge is -2.38. The first-order valence-electron chi connectivity index (χ1n) is 7.70. The molecule has 0 unspecified atom stereocenters. The van der Waals surface area contributed by atoms with Gasteiger partial charge in [-0.3, -0.25) is 0 Å². The van der Waals surface area contributed by atoms with Gasteiger partial charge in [0.1, 0.15) is 0 Å². The molecule has 2 atom stereocenters. The van der Waals surface area contributed by atoms with Crippen molar-refractivity contribution in [2.75, 3.05) is 0 Å². The summed E-state index contributed by atoms with van der Waals surface area (Å²) in [6.07, 6.45) is 1.75. The second-order valence-corrected chi connectivity index (χ2v) is 7.90. The normalized spacial score (nSPS) is 15.5. The van der Waals surface area contributed by atoms with Crippen LogP contribution in [0, 0.1) is 5.92 Å². The average Bonchev–Trinajstić information content (AvgIpc) is 2.51. The highest BCUT2D eigenvalue weighted by Gasteiger charge is 2.39.